The van der Waals surface area contributed by atoms with E-state index in [0.717, 1.165) is 46.5 Å². The van der Waals surface area contributed by atoms with Crippen LogP contribution < -0.4 is 5.32 Å². The summed E-state index contributed by atoms with van der Waals surface area (Å²) in [4.78, 5) is 67.3. The fourth-order valence-electron chi connectivity index (χ4n) is 6.72. The van der Waals surface area contributed by atoms with E-state index in [4.69, 9.17) is 33.3 Å². The van der Waals surface area contributed by atoms with Gasteiger partial charge in [-0.3, -0.25) is 28.8 Å². The maximum Gasteiger partial charge on any atom is 0.303 e. The molecule has 2 aliphatic heterocycles. The molecule has 3 rings (SSSR count). The third kappa shape index (κ3) is 10.6. The lowest BCUT2D eigenvalue weighted by Crippen LogP contribution is -2.65. The first kappa shape index (κ1) is 36.7. The van der Waals surface area contributed by atoms with Crippen LogP contribution in [0.5, 0.6) is 0 Å². The van der Waals surface area contributed by atoms with E-state index >= 15 is 0 Å². The Kier molecular flexibility index (Phi) is 12.8. The van der Waals surface area contributed by atoms with Gasteiger partial charge >= 0.3 is 23.9 Å². The van der Waals surface area contributed by atoms with Gasteiger partial charge in [0.25, 0.3) is 0 Å². The number of rotatable bonds is 11. The lowest BCUT2D eigenvalue weighted by molar-refractivity contribution is -0.311. The van der Waals surface area contributed by atoms with Crippen molar-refractivity contribution in [2.45, 2.75) is 154 Å². The van der Waals surface area contributed by atoms with Crippen LogP contribution in [0.4, 0.5) is 0 Å². The molecule has 0 unspecified atom stereocenters. The second-order valence-electron chi connectivity index (χ2n) is 13.3. The number of carbonyl (C=O) groups excluding carboxylic acids is 5. The molecule has 1 aliphatic carbocycles. The van der Waals surface area contributed by atoms with Crippen LogP contribution in [0.25, 0.3) is 0 Å². The van der Waals surface area contributed by atoms with E-state index in [0.29, 0.717) is 12.8 Å². The zero-order chi connectivity index (χ0) is 33.5. The number of hydroxylamine groups is 2. The van der Waals surface area contributed by atoms with Gasteiger partial charge in [0.15, 0.2) is 24.6 Å². The Morgan fingerprint density at radius 3 is 1.82 bits per heavy atom. The Morgan fingerprint density at radius 2 is 1.29 bits per heavy atom. The van der Waals surface area contributed by atoms with Gasteiger partial charge in [-0.05, 0) is 53.4 Å². The number of ether oxygens (including phenoxy) is 6. The van der Waals surface area contributed by atoms with Crippen LogP contribution in [0.2, 0.25) is 0 Å². The van der Waals surface area contributed by atoms with Gasteiger partial charge in [-0.15, -0.1) is 0 Å². The van der Waals surface area contributed by atoms with Gasteiger partial charge in [0, 0.05) is 44.8 Å². The molecule has 0 aromatic heterocycles. The van der Waals surface area contributed by atoms with E-state index in [2.05, 4.69) is 38.1 Å². The Balaban J connectivity index is 1.72. The van der Waals surface area contributed by atoms with Crippen molar-refractivity contribution in [3.05, 3.63) is 0 Å². The molecule has 3 aliphatic rings. The Bertz CT molecular complexity index is 1050. The summed E-state index contributed by atoms with van der Waals surface area (Å²) in [6, 6.07) is -0.187. The number of nitrogens with zero attached hydrogens (tertiary/aromatic N) is 1. The minimum Gasteiger partial charge on any atom is -0.463 e. The van der Waals surface area contributed by atoms with Crippen molar-refractivity contribution in [1.29, 1.82) is 0 Å². The average molecular weight is 643 g/mol. The second-order valence-corrected chi connectivity index (χ2v) is 13.3. The maximum atomic E-state index is 13.2. The third-order valence-electron chi connectivity index (χ3n) is 8.09. The van der Waals surface area contributed by atoms with Crippen molar-refractivity contribution in [3.8, 4) is 0 Å². The molecule has 45 heavy (non-hydrogen) atoms. The van der Waals surface area contributed by atoms with Crippen LogP contribution in [0.1, 0.15) is 100 Å². The van der Waals surface area contributed by atoms with Crippen LogP contribution >= 0.6 is 0 Å². The standard InChI is InChI=1S/C31H50N2O12/c1-18(34)39-16-24-26(41-19(2)35)27(42-20(3)36)28(43-21(4)37)29(44-24)40-17-25(38)32-22-14-30(5,6)33(31(7,8)15-22)45-23-12-10-9-11-13-23/h22-24,26-29H,9-17H2,1-8H3,(H,32,38)/t24-,26-,27+,28+,29+/m1/s1. The van der Waals surface area contributed by atoms with Crippen molar-refractivity contribution in [1.82, 2.24) is 10.4 Å². The summed E-state index contributed by atoms with van der Waals surface area (Å²) in [6.07, 6.45) is 0.402. The smallest absolute Gasteiger partial charge is 0.303 e. The molecule has 0 radical (unpaired) electrons. The molecule has 1 saturated carbocycles. The fourth-order valence-corrected chi connectivity index (χ4v) is 6.72. The Morgan fingerprint density at radius 1 is 0.756 bits per heavy atom. The number of piperidine rings is 1. The van der Waals surface area contributed by atoms with E-state index in [1.54, 1.807) is 0 Å². The molecule has 1 amide bonds. The Labute approximate surface area is 265 Å². The molecular formula is C31H50N2O12. The number of esters is 4. The molecule has 5 atom stereocenters. The predicted molar refractivity (Wildman–Crippen MR) is 157 cm³/mol. The van der Waals surface area contributed by atoms with E-state index < -0.39 is 73.7 Å². The molecule has 14 heteroatoms. The number of hydrogen-bond acceptors (Lipinski definition) is 13. The van der Waals surface area contributed by atoms with Crippen LogP contribution in [-0.2, 0) is 57.2 Å². The van der Waals surface area contributed by atoms with E-state index in [1.807, 2.05) is 0 Å². The average Bonchev–Trinajstić information content (AvgIpc) is 2.90. The van der Waals surface area contributed by atoms with Gasteiger partial charge < -0.3 is 33.7 Å². The zero-order valence-electron chi connectivity index (χ0n) is 27.8. The summed E-state index contributed by atoms with van der Waals surface area (Å²) < 4.78 is 33.0. The molecule has 0 spiro atoms. The first-order chi connectivity index (χ1) is 21.0. The lowest BCUT2D eigenvalue weighted by Gasteiger charge is -2.55. The zero-order valence-corrected chi connectivity index (χ0v) is 27.8. The van der Waals surface area contributed by atoms with Crippen molar-refractivity contribution in [2.75, 3.05) is 13.2 Å². The molecule has 256 valence electrons. The van der Waals surface area contributed by atoms with E-state index in [9.17, 15) is 24.0 Å². The summed E-state index contributed by atoms with van der Waals surface area (Å²) in [5, 5.41) is 5.15. The highest BCUT2D eigenvalue weighted by atomic mass is 16.7. The third-order valence-corrected chi connectivity index (χ3v) is 8.09. The minimum atomic E-state index is -1.44. The summed E-state index contributed by atoms with van der Waals surface area (Å²) >= 11 is 0. The van der Waals surface area contributed by atoms with Gasteiger partial charge in [-0.25, -0.2) is 0 Å². The van der Waals surface area contributed by atoms with Gasteiger partial charge in [-0.1, -0.05) is 19.3 Å². The molecule has 2 heterocycles. The highest BCUT2D eigenvalue weighted by Gasteiger charge is 2.53. The van der Waals surface area contributed by atoms with Crippen LogP contribution in [-0.4, -0.2) is 102 Å². The second kappa shape index (κ2) is 15.7. The Hall–Kier alpha value is -2.81. The van der Waals surface area contributed by atoms with Crippen molar-refractivity contribution < 1.29 is 57.2 Å². The summed E-state index contributed by atoms with van der Waals surface area (Å²) in [5.74, 6) is -3.34. The first-order valence-electron chi connectivity index (χ1n) is 15.7. The number of carbonyl (C=O) groups is 5. The largest absolute Gasteiger partial charge is 0.463 e. The number of nitrogens with one attached hydrogen (secondary N) is 1. The molecule has 2 saturated heterocycles. The van der Waals surface area contributed by atoms with Gasteiger partial charge in [0.05, 0.1) is 6.10 Å². The lowest BCUT2D eigenvalue weighted by atomic mass is 9.79. The van der Waals surface area contributed by atoms with Gasteiger partial charge in [0.1, 0.15) is 19.3 Å². The highest BCUT2D eigenvalue weighted by Crippen LogP contribution is 2.40. The quantitative estimate of drug-likeness (QED) is 0.258. The number of hydrogen-bond donors (Lipinski definition) is 1. The highest BCUT2D eigenvalue weighted by molar-refractivity contribution is 5.77. The normalized spacial score (nSPS) is 28.8. The van der Waals surface area contributed by atoms with Crippen LogP contribution in [0, 0.1) is 0 Å². The molecule has 1 N–H and O–H groups in total. The van der Waals surface area contributed by atoms with Crippen molar-refractivity contribution in [2.24, 2.45) is 0 Å². The van der Waals surface area contributed by atoms with Gasteiger partial charge in [0.2, 0.25) is 5.91 Å². The number of amides is 1. The molecule has 3 fully saturated rings. The fraction of sp³-hybridized carbons (Fsp3) is 0.839. The monoisotopic (exact) mass is 642 g/mol. The first-order valence-corrected chi connectivity index (χ1v) is 15.7. The SMILES string of the molecule is CC(=O)OC[C@H]1O[C@H](OCC(=O)NC2CC(C)(C)N(OC3CCCCC3)C(C)(C)C2)[C@@H](OC(C)=O)[C@@H](OC(C)=O)[C@@H]1OC(C)=O. The summed E-state index contributed by atoms with van der Waals surface area (Å²) in [5.41, 5.74) is -0.727. The summed E-state index contributed by atoms with van der Waals surface area (Å²) in [7, 11) is 0. The van der Waals surface area contributed by atoms with E-state index in [1.165, 1.54) is 13.3 Å². The minimum absolute atomic E-state index is 0.187. The molecule has 0 aromatic rings. The summed E-state index contributed by atoms with van der Waals surface area (Å²) in [6.45, 7) is 12.1. The van der Waals surface area contributed by atoms with Gasteiger partial charge in [-0.2, -0.15) is 5.06 Å². The van der Waals surface area contributed by atoms with Crippen molar-refractivity contribution in [3.63, 3.8) is 0 Å². The van der Waals surface area contributed by atoms with Crippen molar-refractivity contribution >= 4 is 29.8 Å². The van der Waals surface area contributed by atoms with Crippen LogP contribution in [0.15, 0.2) is 0 Å². The molecular weight excluding hydrogens is 592 g/mol. The molecule has 0 aromatic carbocycles. The topological polar surface area (TPSA) is 165 Å². The van der Waals surface area contributed by atoms with E-state index in [-0.39, 0.29) is 23.2 Å². The molecule has 0 bridgehead atoms. The van der Waals surface area contributed by atoms with Crippen LogP contribution in [0.3, 0.4) is 0 Å². The molecule has 14 nitrogen and oxygen atoms in total. The maximum absolute atomic E-state index is 13.2. The predicted octanol–water partition coefficient (Wildman–Crippen LogP) is 2.49.